The smallest absolute Gasteiger partial charge is 0.327 e. The third-order valence-corrected chi connectivity index (χ3v) is 6.82. The Morgan fingerprint density at radius 1 is 0.969 bits per heavy atom. The number of nitrogens with zero attached hydrogens (tertiary/aromatic N) is 1. The lowest BCUT2D eigenvalue weighted by Gasteiger charge is -2.31. The molecule has 2 aromatic rings. The second-order valence-electron chi connectivity index (χ2n) is 8.97. The first-order valence-corrected chi connectivity index (χ1v) is 11.7. The van der Waals surface area contributed by atoms with Crippen molar-refractivity contribution in [1.82, 2.24) is 4.90 Å². The minimum absolute atomic E-state index is 0.0199. The monoisotopic (exact) mass is 433 g/mol. The van der Waals surface area contributed by atoms with Gasteiger partial charge >= 0.3 is 5.97 Å². The van der Waals surface area contributed by atoms with E-state index in [-0.39, 0.29) is 18.2 Å². The number of aryl methyl sites for hydroxylation is 1. The Morgan fingerprint density at radius 2 is 1.69 bits per heavy atom. The third-order valence-electron chi connectivity index (χ3n) is 6.82. The molecule has 0 aliphatic carbocycles. The maximum absolute atomic E-state index is 13.6. The summed E-state index contributed by atoms with van der Waals surface area (Å²) in [6.45, 7) is 4.55. The van der Waals surface area contributed by atoms with Crippen molar-refractivity contribution in [2.24, 2.45) is 5.92 Å². The lowest BCUT2D eigenvalue weighted by Crippen LogP contribution is -2.46. The quantitative estimate of drug-likeness (QED) is 0.243. The second-order valence-corrected chi connectivity index (χ2v) is 8.97. The van der Waals surface area contributed by atoms with Gasteiger partial charge in [-0.25, -0.2) is 0 Å². The van der Waals surface area contributed by atoms with Gasteiger partial charge in [-0.2, -0.15) is 0 Å². The molecule has 5 heteroatoms. The van der Waals surface area contributed by atoms with E-state index in [1.54, 1.807) is 6.07 Å². The molecule has 5 nitrogen and oxygen atoms in total. The van der Waals surface area contributed by atoms with Crippen LogP contribution in [0.3, 0.4) is 0 Å². The number of carbonyl (C=O) groups is 3. The van der Waals surface area contributed by atoms with Gasteiger partial charge in [0.25, 0.3) is 0 Å². The van der Waals surface area contributed by atoms with E-state index in [1.165, 1.54) is 24.2 Å². The van der Waals surface area contributed by atoms with Gasteiger partial charge in [-0.3, -0.25) is 19.3 Å². The fourth-order valence-electron chi connectivity index (χ4n) is 5.14. The number of benzene rings is 2. The zero-order valence-corrected chi connectivity index (χ0v) is 18.9. The van der Waals surface area contributed by atoms with Crippen LogP contribution in [0.2, 0.25) is 0 Å². The first-order valence-electron chi connectivity index (χ1n) is 11.7. The first kappa shape index (κ1) is 22.3. The van der Waals surface area contributed by atoms with Crippen molar-refractivity contribution in [1.29, 1.82) is 0 Å². The lowest BCUT2D eigenvalue weighted by atomic mass is 9.65. The largest absolute Gasteiger partial charge is 0.425 e. The van der Waals surface area contributed by atoms with Gasteiger partial charge in [-0.05, 0) is 25.0 Å². The van der Waals surface area contributed by atoms with Gasteiger partial charge in [0.2, 0.25) is 11.8 Å². The highest BCUT2D eigenvalue weighted by Crippen LogP contribution is 2.52. The Bertz CT molecular complexity index is 1020. The van der Waals surface area contributed by atoms with E-state index in [0.717, 1.165) is 24.8 Å². The summed E-state index contributed by atoms with van der Waals surface area (Å²) in [5.41, 5.74) is 1.05. The van der Waals surface area contributed by atoms with E-state index < -0.39 is 17.3 Å². The van der Waals surface area contributed by atoms with Crippen LogP contribution < -0.4 is 4.74 Å². The standard InChI is InChI=1S/C27H31NO4/c1-3-4-5-6-7-11-16-28-24(29)18-22(25(28)30)27(20-12-9-8-10-13-20)21-17-19(2)14-15-23(21)32-26(27)31/h8-10,12-15,17,22H,3-7,11,16,18H2,1-2H3/t22-,27+/m1/s1. The molecule has 0 radical (unpaired) electrons. The van der Waals surface area contributed by atoms with E-state index in [4.69, 9.17) is 4.74 Å². The van der Waals surface area contributed by atoms with Crippen molar-refractivity contribution in [3.8, 4) is 5.75 Å². The number of likely N-dealkylation sites (tertiary alicyclic amines) is 1. The topological polar surface area (TPSA) is 63.7 Å². The highest BCUT2D eigenvalue weighted by atomic mass is 16.5. The average molecular weight is 434 g/mol. The minimum atomic E-state index is -1.30. The minimum Gasteiger partial charge on any atom is -0.425 e. The molecule has 0 N–H and O–H groups in total. The summed E-state index contributed by atoms with van der Waals surface area (Å²) < 4.78 is 5.68. The van der Waals surface area contributed by atoms with Crippen molar-refractivity contribution in [3.05, 3.63) is 65.2 Å². The molecule has 4 rings (SSSR count). The number of amides is 2. The van der Waals surface area contributed by atoms with Crippen LogP contribution in [0.4, 0.5) is 0 Å². The molecule has 2 amide bonds. The number of hydrogen-bond acceptors (Lipinski definition) is 4. The lowest BCUT2D eigenvalue weighted by molar-refractivity contribution is -0.145. The number of fused-ring (bicyclic) bond motifs is 1. The number of hydrogen-bond donors (Lipinski definition) is 0. The molecule has 2 atom stereocenters. The second kappa shape index (κ2) is 9.27. The predicted molar refractivity (Wildman–Crippen MR) is 122 cm³/mol. The van der Waals surface area contributed by atoms with Crippen LogP contribution in [-0.4, -0.2) is 29.2 Å². The number of esters is 1. The van der Waals surface area contributed by atoms with Gasteiger partial charge in [0, 0.05) is 18.5 Å². The summed E-state index contributed by atoms with van der Waals surface area (Å²) in [7, 11) is 0. The van der Waals surface area contributed by atoms with Crippen molar-refractivity contribution in [3.63, 3.8) is 0 Å². The maximum atomic E-state index is 13.6. The molecular formula is C27H31NO4. The summed E-state index contributed by atoms with van der Waals surface area (Å²) in [5.74, 6) is -1.26. The molecule has 32 heavy (non-hydrogen) atoms. The molecule has 2 aliphatic rings. The van der Waals surface area contributed by atoms with E-state index in [1.807, 2.05) is 49.4 Å². The molecule has 1 fully saturated rings. The molecule has 0 spiro atoms. The predicted octanol–water partition coefficient (Wildman–Crippen LogP) is 4.94. The fraction of sp³-hybridized carbons (Fsp3) is 0.444. The number of ether oxygens (including phenoxy) is 1. The van der Waals surface area contributed by atoms with Crippen LogP contribution in [0.15, 0.2) is 48.5 Å². The number of carbonyl (C=O) groups excluding carboxylic acids is 3. The van der Waals surface area contributed by atoms with Crippen LogP contribution in [0.5, 0.6) is 5.75 Å². The first-order chi connectivity index (χ1) is 15.5. The molecule has 0 bridgehead atoms. The van der Waals surface area contributed by atoms with E-state index >= 15 is 0 Å². The van der Waals surface area contributed by atoms with E-state index in [0.29, 0.717) is 23.4 Å². The molecule has 2 aliphatic heterocycles. The summed E-state index contributed by atoms with van der Waals surface area (Å²) in [6, 6.07) is 14.9. The van der Waals surface area contributed by atoms with Crippen LogP contribution in [-0.2, 0) is 19.8 Å². The molecular weight excluding hydrogens is 402 g/mol. The number of rotatable bonds is 9. The third kappa shape index (κ3) is 3.74. The van der Waals surface area contributed by atoms with Gasteiger partial charge < -0.3 is 4.74 Å². The van der Waals surface area contributed by atoms with Crippen LogP contribution in [0, 0.1) is 12.8 Å². The SMILES string of the molecule is CCCCCCCCN1C(=O)C[C@@H]([C@@]2(c3ccccc3)C(=O)Oc3ccc(C)cc32)C1=O. The summed E-state index contributed by atoms with van der Waals surface area (Å²) in [6.07, 6.45) is 6.50. The van der Waals surface area contributed by atoms with E-state index in [2.05, 4.69) is 6.92 Å². The summed E-state index contributed by atoms with van der Waals surface area (Å²) >= 11 is 0. The summed E-state index contributed by atoms with van der Waals surface area (Å²) in [4.78, 5) is 41.4. The molecule has 2 heterocycles. The van der Waals surface area contributed by atoms with Crippen molar-refractivity contribution >= 4 is 17.8 Å². The normalized spacial score (nSPS) is 22.4. The Morgan fingerprint density at radius 3 is 2.44 bits per heavy atom. The molecule has 2 aromatic carbocycles. The number of imide groups is 1. The van der Waals surface area contributed by atoms with Gasteiger partial charge in [0.15, 0.2) is 0 Å². The van der Waals surface area contributed by atoms with Crippen LogP contribution in [0.1, 0.15) is 68.6 Å². The van der Waals surface area contributed by atoms with Crippen molar-refractivity contribution in [2.75, 3.05) is 6.54 Å². The summed E-state index contributed by atoms with van der Waals surface area (Å²) in [5, 5.41) is 0. The number of unbranched alkanes of at least 4 members (excludes halogenated alkanes) is 5. The Labute approximate surface area is 189 Å². The van der Waals surface area contributed by atoms with Gasteiger partial charge in [0.1, 0.15) is 11.2 Å². The van der Waals surface area contributed by atoms with Gasteiger partial charge in [0.05, 0.1) is 5.92 Å². The maximum Gasteiger partial charge on any atom is 0.327 e. The Balaban J connectivity index is 1.66. The van der Waals surface area contributed by atoms with Crippen LogP contribution in [0.25, 0.3) is 0 Å². The zero-order valence-electron chi connectivity index (χ0n) is 18.9. The fourth-order valence-corrected chi connectivity index (χ4v) is 5.14. The van der Waals surface area contributed by atoms with Crippen LogP contribution >= 0.6 is 0 Å². The molecule has 168 valence electrons. The highest BCUT2D eigenvalue weighted by Gasteiger charge is 2.61. The molecule has 0 unspecified atom stereocenters. The molecule has 0 aromatic heterocycles. The zero-order chi connectivity index (χ0) is 22.7. The van der Waals surface area contributed by atoms with Crippen molar-refractivity contribution < 1.29 is 19.1 Å². The van der Waals surface area contributed by atoms with Gasteiger partial charge in [-0.1, -0.05) is 87.1 Å². The van der Waals surface area contributed by atoms with E-state index in [9.17, 15) is 14.4 Å². The highest BCUT2D eigenvalue weighted by molar-refractivity contribution is 6.09. The molecule has 1 saturated heterocycles. The Hall–Kier alpha value is -2.95. The average Bonchev–Trinajstić information content (AvgIpc) is 3.24. The molecule has 0 saturated carbocycles. The van der Waals surface area contributed by atoms with Crippen molar-refractivity contribution in [2.45, 2.75) is 64.2 Å². The van der Waals surface area contributed by atoms with Gasteiger partial charge in [-0.15, -0.1) is 0 Å². The Kier molecular flexibility index (Phi) is 6.45.